The Balaban J connectivity index is 2.32. The summed E-state index contributed by atoms with van der Waals surface area (Å²) in [6, 6.07) is 0. The van der Waals surface area contributed by atoms with E-state index < -0.39 is 23.9 Å². The second-order valence-corrected chi connectivity index (χ2v) is 3.75. The Kier molecular flexibility index (Phi) is 2.34. The Hall–Kier alpha value is -1.59. The third kappa shape index (κ3) is 1.67. The molecule has 0 atom stereocenters. The topological polar surface area (TPSA) is 75.1 Å². The maximum absolute atomic E-state index is 13.4. The maximum atomic E-state index is 13.4. The molecule has 1 fully saturated rings. The summed E-state index contributed by atoms with van der Waals surface area (Å²) in [6.45, 7) is -0.525. The summed E-state index contributed by atoms with van der Waals surface area (Å²) in [7, 11) is 0. The molecule has 1 aliphatic carbocycles. The van der Waals surface area contributed by atoms with E-state index in [0.717, 1.165) is 23.9 Å². The molecule has 0 aliphatic heterocycles. The molecule has 0 saturated heterocycles. The summed E-state index contributed by atoms with van der Waals surface area (Å²) in [5.74, 6) is -1.95. The van der Waals surface area contributed by atoms with Gasteiger partial charge in [-0.05, 0) is 12.8 Å². The van der Waals surface area contributed by atoms with Crippen molar-refractivity contribution in [2.75, 3.05) is 0 Å². The average Bonchev–Trinajstić information content (AvgIpc) is 2.30. The second kappa shape index (κ2) is 3.52. The molecule has 1 aromatic heterocycles. The van der Waals surface area contributed by atoms with Crippen LogP contribution >= 0.6 is 0 Å². The number of aliphatic carboxylic acids is 1. The zero-order valence-corrected chi connectivity index (χ0v) is 7.99. The van der Waals surface area contributed by atoms with Crippen LogP contribution in [0.15, 0.2) is 4.79 Å². The summed E-state index contributed by atoms with van der Waals surface area (Å²) in [5.41, 5.74) is -0.619. The van der Waals surface area contributed by atoms with Gasteiger partial charge >= 0.3 is 11.5 Å². The molecule has 0 aromatic carbocycles. The largest absolute Gasteiger partial charge is 0.480 e. The van der Waals surface area contributed by atoms with Crippen molar-refractivity contribution in [2.45, 2.75) is 31.7 Å². The van der Waals surface area contributed by atoms with Crippen molar-refractivity contribution in [3.05, 3.63) is 21.9 Å². The molecule has 82 valence electrons. The lowest BCUT2D eigenvalue weighted by Crippen LogP contribution is -2.22. The van der Waals surface area contributed by atoms with Gasteiger partial charge in [-0.25, -0.2) is 4.68 Å². The highest BCUT2D eigenvalue weighted by molar-refractivity contribution is 5.66. The van der Waals surface area contributed by atoms with Gasteiger partial charge in [-0.2, -0.15) is 4.39 Å². The number of carboxylic acid groups (broad SMARTS) is 1. The van der Waals surface area contributed by atoms with Crippen LogP contribution in [-0.2, 0) is 11.3 Å². The van der Waals surface area contributed by atoms with Crippen molar-refractivity contribution >= 4 is 5.97 Å². The Labute approximate surface area is 84.5 Å². The number of H-pyrrole nitrogens is 1. The molecule has 1 aliphatic rings. The van der Waals surface area contributed by atoms with Crippen LogP contribution < -0.4 is 5.56 Å². The van der Waals surface area contributed by atoms with Gasteiger partial charge in [0.05, 0.1) is 5.69 Å². The van der Waals surface area contributed by atoms with Gasteiger partial charge in [0, 0.05) is 5.92 Å². The fourth-order valence-electron chi connectivity index (χ4n) is 1.69. The summed E-state index contributed by atoms with van der Waals surface area (Å²) < 4.78 is 14.2. The highest BCUT2D eigenvalue weighted by Crippen LogP contribution is 2.35. The van der Waals surface area contributed by atoms with E-state index in [2.05, 4.69) is 5.10 Å². The predicted octanol–water partition coefficient (Wildman–Crippen LogP) is 0.668. The first-order chi connectivity index (χ1) is 7.09. The zero-order chi connectivity index (χ0) is 11.0. The standard InChI is InChI=1S/C9H11FN2O3/c10-7-8(5-2-1-3-5)11-12(9(7)15)4-6(13)14/h5,11H,1-4H2,(H,13,14). The van der Waals surface area contributed by atoms with Gasteiger partial charge in [0.15, 0.2) is 0 Å². The molecule has 1 saturated carbocycles. The number of aromatic nitrogens is 2. The molecular formula is C9H11FN2O3. The number of carbonyl (C=O) groups is 1. The van der Waals surface area contributed by atoms with Crippen LogP contribution in [0.5, 0.6) is 0 Å². The monoisotopic (exact) mass is 214 g/mol. The normalized spacial score (nSPS) is 16.3. The van der Waals surface area contributed by atoms with Crippen LogP contribution in [0.1, 0.15) is 30.9 Å². The summed E-state index contributed by atoms with van der Waals surface area (Å²) in [4.78, 5) is 21.7. The van der Waals surface area contributed by atoms with E-state index in [1.165, 1.54) is 0 Å². The van der Waals surface area contributed by atoms with Crippen LogP contribution in [-0.4, -0.2) is 20.9 Å². The smallest absolute Gasteiger partial charge is 0.325 e. The van der Waals surface area contributed by atoms with Crippen molar-refractivity contribution in [1.82, 2.24) is 9.78 Å². The van der Waals surface area contributed by atoms with Gasteiger partial charge in [-0.3, -0.25) is 14.7 Å². The lowest BCUT2D eigenvalue weighted by molar-refractivity contribution is -0.137. The van der Waals surface area contributed by atoms with Crippen molar-refractivity contribution in [1.29, 1.82) is 0 Å². The van der Waals surface area contributed by atoms with E-state index in [-0.39, 0.29) is 11.6 Å². The molecule has 15 heavy (non-hydrogen) atoms. The molecule has 0 bridgehead atoms. The minimum atomic E-state index is -1.17. The number of nitrogens with one attached hydrogen (secondary N) is 1. The summed E-state index contributed by atoms with van der Waals surface area (Å²) >= 11 is 0. The molecule has 2 N–H and O–H groups in total. The van der Waals surface area contributed by atoms with E-state index in [0.29, 0.717) is 0 Å². The lowest BCUT2D eigenvalue weighted by atomic mass is 9.83. The Morgan fingerprint density at radius 3 is 2.73 bits per heavy atom. The minimum Gasteiger partial charge on any atom is -0.480 e. The molecule has 1 aromatic rings. The summed E-state index contributed by atoms with van der Waals surface area (Å²) in [5, 5.41) is 11.0. The molecule has 2 rings (SSSR count). The van der Waals surface area contributed by atoms with E-state index in [1.807, 2.05) is 0 Å². The van der Waals surface area contributed by atoms with Gasteiger partial charge in [-0.15, -0.1) is 0 Å². The molecule has 0 spiro atoms. The van der Waals surface area contributed by atoms with Gasteiger partial charge in [0.25, 0.3) is 0 Å². The molecule has 5 nitrogen and oxygen atoms in total. The molecule has 0 unspecified atom stereocenters. The van der Waals surface area contributed by atoms with Crippen molar-refractivity contribution < 1.29 is 14.3 Å². The SMILES string of the molecule is O=C(O)Cn1[nH]c(C2CCC2)c(F)c1=O. The number of hydrogen-bond acceptors (Lipinski definition) is 2. The quantitative estimate of drug-likeness (QED) is 0.776. The minimum absolute atomic E-state index is 0.0488. The first-order valence-electron chi connectivity index (χ1n) is 4.79. The Morgan fingerprint density at radius 2 is 2.27 bits per heavy atom. The van der Waals surface area contributed by atoms with E-state index in [9.17, 15) is 14.0 Å². The molecule has 6 heteroatoms. The first-order valence-corrected chi connectivity index (χ1v) is 4.79. The van der Waals surface area contributed by atoms with Crippen LogP contribution in [0.3, 0.4) is 0 Å². The van der Waals surface area contributed by atoms with Crippen LogP contribution in [0.4, 0.5) is 4.39 Å². The Bertz CT molecular complexity index is 445. The third-order valence-electron chi connectivity index (χ3n) is 2.73. The fourth-order valence-corrected chi connectivity index (χ4v) is 1.69. The molecule has 0 radical (unpaired) electrons. The number of rotatable bonds is 3. The van der Waals surface area contributed by atoms with Gasteiger partial charge < -0.3 is 5.11 Å². The zero-order valence-electron chi connectivity index (χ0n) is 7.99. The Morgan fingerprint density at radius 1 is 1.60 bits per heavy atom. The average molecular weight is 214 g/mol. The van der Waals surface area contributed by atoms with Gasteiger partial charge in [-0.1, -0.05) is 6.42 Å². The molecule has 0 amide bonds. The van der Waals surface area contributed by atoms with Gasteiger partial charge in [0.1, 0.15) is 6.54 Å². The number of hydrogen-bond donors (Lipinski definition) is 2. The number of aromatic amines is 1. The van der Waals surface area contributed by atoms with E-state index >= 15 is 0 Å². The lowest BCUT2D eigenvalue weighted by Gasteiger charge is -2.23. The van der Waals surface area contributed by atoms with Crippen molar-refractivity contribution in [3.8, 4) is 0 Å². The first kappa shape index (κ1) is 9.95. The van der Waals surface area contributed by atoms with E-state index in [4.69, 9.17) is 5.11 Å². The number of halogens is 1. The van der Waals surface area contributed by atoms with Crippen LogP contribution in [0, 0.1) is 5.82 Å². The predicted molar refractivity (Wildman–Crippen MR) is 49.2 cm³/mol. The molecular weight excluding hydrogens is 203 g/mol. The van der Waals surface area contributed by atoms with Crippen LogP contribution in [0.25, 0.3) is 0 Å². The second-order valence-electron chi connectivity index (χ2n) is 3.75. The number of carboxylic acids is 1. The highest BCUT2D eigenvalue weighted by Gasteiger charge is 2.27. The van der Waals surface area contributed by atoms with E-state index in [1.54, 1.807) is 0 Å². The number of nitrogens with zero attached hydrogens (tertiary/aromatic N) is 1. The molecule has 1 heterocycles. The van der Waals surface area contributed by atoms with Gasteiger partial charge in [0.2, 0.25) is 5.82 Å². The van der Waals surface area contributed by atoms with Crippen molar-refractivity contribution in [2.24, 2.45) is 0 Å². The van der Waals surface area contributed by atoms with Crippen molar-refractivity contribution in [3.63, 3.8) is 0 Å². The fraction of sp³-hybridized carbons (Fsp3) is 0.556. The highest BCUT2D eigenvalue weighted by atomic mass is 19.1. The van der Waals surface area contributed by atoms with Crippen LogP contribution in [0.2, 0.25) is 0 Å². The summed E-state index contributed by atoms with van der Waals surface area (Å²) in [6.07, 6.45) is 2.73. The maximum Gasteiger partial charge on any atom is 0.325 e. The third-order valence-corrected chi connectivity index (χ3v) is 2.73.